The van der Waals surface area contributed by atoms with Crippen molar-refractivity contribution in [2.45, 2.75) is 19.9 Å². The Labute approximate surface area is 181 Å². The molecule has 0 aliphatic rings. The van der Waals surface area contributed by atoms with E-state index in [1.807, 2.05) is 54.6 Å². The predicted molar refractivity (Wildman–Crippen MR) is 121 cm³/mol. The molecular weight excluding hydrogens is 398 g/mol. The molecule has 0 saturated carbocycles. The molecule has 0 aromatic heterocycles. The fourth-order valence-electron chi connectivity index (χ4n) is 3.06. The number of rotatable bonds is 7. The second-order valence-corrected chi connectivity index (χ2v) is 7.24. The van der Waals surface area contributed by atoms with E-state index in [-0.39, 0.29) is 5.91 Å². The summed E-state index contributed by atoms with van der Waals surface area (Å²) in [5.74, 6) is -1.04. The smallest absolute Gasteiger partial charge is 0.331 e. The maximum atomic E-state index is 13.2. The lowest BCUT2D eigenvalue weighted by Crippen LogP contribution is -2.30. The highest BCUT2D eigenvalue weighted by molar-refractivity contribution is 6.30. The number of hydrogen-bond donors (Lipinski definition) is 1. The van der Waals surface area contributed by atoms with E-state index in [1.54, 1.807) is 42.2 Å². The van der Waals surface area contributed by atoms with Crippen molar-refractivity contribution in [1.29, 1.82) is 0 Å². The van der Waals surface area contributed by atoms with Crippen molar-refractivity contribution < 1.29 is 14.7 Å². The molecule has 1 amide bonds. The Hall–Kier alpha value is -3.37. The van der Waals surface area contributed by atoms with E-state index in [2.05, 4.69) is 0 Å². The molecule has 0 radical (unpaired) electrons. The van der Waals surface area contributed by atoms with Crippen LogP contribution in [0, 0.1) is 0 Å². The van der Waals surface area contributed by atoms with Gasteiger partial charge in [0.25, 0.3) is 5.91 Å². The quantitative estimate of drug-likeness (QED) is 0.473. The Morgan fingerprint density at radius 3 is 2.13 bits per heavy atom. The fourth-order valence-corrected chi connectivity index (χ4v) is 3.18. The van der Waals surface area contributed by atoms with Crippen LogP contribution in [0.15, 0.2) is 84.4 Å². The van der Waals surface area contributed by atoms with Gasteiger partial charge in [-0.25, -0.2) is 4.79 Å². The summed E-state index contributed by atoms with van der Waals surface area (Å²) in [7, 11) is 0. The molecule has 5 heteroatoms. The second-order valence-electron chi connectivity index (χ2n) is 6.80. The van der Waals surface area contributed by atoms with Crippen LogP contribution in [0.1, 0.15) is 34.8 Å². The monoisotopic (exact) mass is 419 g/mol. The van der Waals surface area contributed by atoms with Crippen molar-refractivity contribution in [2.75, 3.05) is 4.90 Å². The maximum absolute atomic E-state index is 13.2. The third-order valence-electron chi connectivity index (χ3n) is 4.72. The number of hydrogen-bond acceptors (Lipinski definition) is 2. The Kier molecular flexibility index (Phi) is 7.04. The first kappa shape index (κ1) is 21.3. The number of carboxylic acid groups (broad SMARTS) is 1. The second kappa shape index (κ2) is 9.90. The van der Waals surface area contributed by atoms with Crippen molar-refractivity contribution in [3.8, 4) is 0 Å². The minimum Gasteiger partial charge on any atom is -0.478 e. The van der Waals surface area contributed by atoms with Crippen molar-refractivity contribution >= 4 is 35.2 Å². The van der Waals surface area contributed by atoms with Crippen LogP contribution in [0.3, 0.4) is 0 Å². The fraction of sp³-hybridized carbons (Fsp3) is 0.120. The third-order valence-corrected chi connectivity index (χ3v) is 4.97. The molecule has 0 saturated heterocycles. The Bertz CT molecular complexity index is 1040. The number of benzene rings is 3. The van der Waals surface area contributed by atoms with Gasteiger partial charge >= 0.3 is 5.97 Å². The van der Waals surface area contributed by atoms with Crippen LogP contribution >= 0.6 is 11.6 Å². The van der Waals surface area contributed by atoms with Crippen molar-refractivity contribution in [3.05, 3.63) is 106 Å². The van der Waals surface area contributed by atoms with Crippen LogP contribution in [0.4, 0.5) is 5.69 Å². The number of amides is 1. The molecule has 0 aliphatic carbocycles. The van der Waals surface area contributed by atoms with Gasteiger partial charge in [0.05, 0.1) is 6.54 Å². The summed E-state index contributed by atoms with van der Waals surface area (Å²) in [6.45, 7) is 2.19. The SMILES string of the molecule is CC/C(=C\c1ccc(N(Cc2ccc(Cl)cc2)C(=O)c2ccccc2)cc1)C(=O)O. The molecule has 4 nitrogen and oxygen atoms in total. The van der Waals surface area contributed by atoms with Gasteiger partial charge in [0.15, 0.2) is 0 Å². The standard InChI is InChI=1S/C25H22ClNO3/c1-2-20(25(29)30)16-18-10-14-23(15-11-18)27(17-19-8-12-22(26)13-9-19)24(28)21-6-4-3-5-7-21/h3-16H,2,17H2,1H3,(H,29,30)/b20-16+. The lowest BCUT2D eigenvalue weighted by molar-refractivity contribution is -0.132. The number of anilines is 1. The van der Waals surface area contributed by atoms with Crippen LogP contribution in [-0.2, 0) is 11.3 Å². The van der Waals surface area contributed by atoms with E-state index in [1.165, 1.54) is 0 Å². The van der Waals surface area contributed by atoms with Gasteiger partial charge in [-0.2, -0.15) is 0 Å². The first-order valence-electron chi connectivity index (χ1n) is 9.63. The number of carbonyl (C=O) groups excluding carboxylic acids is 1. The zero-order valence-electron chi connectivity index (χ0n) is 16.6. The minimum atomic E-state index is -0.926. The first-order valence-corrected chi connectivity index (χ1v) is 10.0. The highest BCUT2D eigenvalue weighted by Gasteiger charge is 2.18. The van der Waals surface area contributed by atoms with E-state index in [0.717, 1.165) is 16.8 Å². The number of carboxylic acids is 1. The number of aliphatic carboxylic acids is 1. The number of nitrogens with zero attached hydrogens (tertiary/aromatic N) is 1. The van der Waals surface area contributed by atoms with Crippen molar-refractivity contribution in [3.63, 3.8) is 0 Å². The molecule has 1 N–H and O–H groups in total. The first-order chi connectivity index (χ1) is 14.5. The van der Waals surface area contributed by atoms with Crippen molar-refractivity contribution in [1.82, 2.24) is 0 Å². The summed E-state index contributed by atoms with van der Waals surface area (Å²) in [6.07, 6.45) is 2.08. The van der Waals surface area contributed by atoms with E-state index in [9.17, 15) is 14.7 Å². The zero-order valence-corrected chi connectivity index (χ0v) is 17.3. The molecule has 0 atom stereocenters. The summed E-state index contributed by atoms with van der Waals surface area (Å²) >= 11 is 5.99. The lowest BCUT2D eigenvalue weighted by atomic mass is 10.1. The summed E-state index contributed by atoms with van der Waals surface area (Å²) in [5, 5.41) is 9.87. The van der Waals surface area contributed by atoms with E-state index >= 15 is 0 Å². The zero-order chi connectivity index (χ0) is 21.5. The molecule has 0 heterocycles. The maximum Gasteiger partial charge on any atom is 0.331 e. The molecule has 0 bridgehead atoms. The average Bonchev–Trinajstić information content (AvgIpc) is 2.77. The van der Waals surface area contributed by atoms with Crippen molar-refractivity contribution in [2.24, 2.45) is 0 Å². The molecule has 0 aliphatic heterocycles. The predicted octanol–water partition coefficient (Wildman–Crippen LogP) is 6.07. The van der Waals surface area contributed by atoms with Gasteiger partial charge < -0.3 is 10.0 Å². The van der Waals surface area contributed by atoms with Gasteiger partial charge in [0, 0.05) is 21.8 Å². The number of carbonyl (C=O) groups is 2. The van der Waals surface area contributed by atoms with Gasteiger partial charge in [-0.1, -0.05) is 61.0 Å². The lowest BCUT2D eigenvalue weighted by Gasteiger charge is -2.23. The normalized spacial score (nSPS) is 11.2. The summed E-state index contributed by atoms with van der Waals surface area (Å²) in [4.78, 5) is 26.2. The molecular formula is C25H22ClNO3. The molecule has 3 aromatic carbocycles. The molecule has 3 aromatic rings. The van der Waals surface area contributed by atoms with Gasteiger partial charge in [-0.05, 0) is 60.0 Å². The Morgan fingerprint density at radius 1 is 0.933 bits per heavy atom. The van der Waals surface area contributed by atoms with Crippen LogP contribution in [-0.4, -0.2) is 17.0 Å². The van der Waals surface area contributed by atoms with Crippen LogP contribution in [0.2, 0.25) is 5.02 Å². The highest BCUT2D eigenvalue weighted by Crippen LogP contribution is 2.23. The summed E-state index contributed by atoms with van der Waals surface area (Å²) in [6, 6.07) is 23.8. The van der Waals surface area contributed by atoms with E-state index in [0.29, 0.717) is 29.1 Å². The molecule has 152 valence electrons. The van der Waals surface area contributed by atoms with Crippen LogP contribution in [0.25, 0.3) is 6.08 Å². The van der Waals surface area contributed by atoms with Gasteiger partial charge in [0.2, 0.25) is 0 Å². The Balaban J connectivity index is 1.94. The molecule has 0 unspecified atom stereocenters. The van der Waals surface area contributed by atoms with Gasteiger partial charge in [0.1, 0.15) is 0 Å². The summed E-state index contributed by atoms with van der Waals surface area (Å²) in [5.41, 5.74) is 3.38. The molecule has 0 fully saturated rings. The van der Waals surface area contributed by atoms with E-state index < -0.39 is 5.97 Å². The molecule has 3 rings (SSSR count). The van der Waals surface area contributed by atoms with E-state index in [4.69, 9.17) is 11.6 Å². The average molecular weight is 420 g/mol. The molecule has 30 heavy (non-hydrogen) atoms. The van der Waals surface area contributed by atoms with Crippen LogP contribution in [0.5, 0.6) is 0 Å². The summed E-state index contributed by atoms with van der Waals surface area (Å²) < 4.78 is 0. The number of halogens is 1. The van der Waals surface area contributed by atoms with Gasteiger partial charge in [-0.15, -0.1) is 0 Å². The molecule has 0 spiro atoms. The highest BCUT2D eigenvalue weighted by atomic mass is 35.5. The Morgan fingerprint density at radius 2 is 1.57 bits per heavy atom. The minimum absolute atomic E-state index is 0.117. The third kappa shape index (κ3) is 5.37. The van der Waals surface area contributed by atoms with Gasteiger partial charge in [-0.3, -0.25) is 4.79 Å². The largest absolute Gasteiger partial charge is 0.478 e. The van der Waals surface area contributed by atoms with Crippen LogP contribution < -0.4 is 4.90 Å². The topological polar surface area (TPSA) is 57.6 Å².